The maximum Gasteiger partial charge on any atom is 0.166 e. The van der Waals surface area contributed by atoms with Crippen LogP contribution < -0.4 is 0 Å². The lowest BCUT2D eigenvalue weighted by Gasteiger charge is -2.20. The molecule has 7 aromatic carbocycles. The summed E-state index contributed by atoms with van der Waals surface area (Å²) in [6.45, 7) is 0. The van der Waals surface area contributed by atoms with Gasteiger partial charge in [-0.05, 0) is 34.8 Å². The number of para-hydroxylation sites is 3. The largest absolute Gasteiger partial charge is 0.308 e. The van der Waals surface area contributed by atoms with E-state index < -0.39 is 48.3 Å². The number of aromatic nitrogens is 4. The van der Waals surface area contributed by atoms with Gasteiger partial charge in [-0.25, -0.2) is 15.0 Å². The van der Waals surface area contributed by atoms with Gasteiger partial charge in [0, 0.05) is 33.0 Å². The quantitative estimate of drug-likeness (QED) is 0.183. The summed E-state index contributed by atoms with van der Waals surface area (Å²) >= 11 is 0. The van der Waals surface area contributed by atoms with Gasteiger partial charge in [0.15, 0.2) is 17.5 Å². The maximum absolute atomic E-state index is 9.35. The Morgan fingerprint density at radius 2 is 0.796 bits per heavy atom. The molecule has 0 aliphatic rings. The van der Waals surface area contributed by atoms with E-state index in [1.165, 1.54) is 0 Å². The number of hydrogen-bond donors (Lipinski definition) is 0. The van der Waals surface area contributed by atoms with Crippen LogP contribution in [0.5, 0.6) is 0 Å². The van der Waals surface area contributed by atoms with Gasteiger partial charge in [-0.3, -0.25) is 0 Å². The Morgan fingerprint density at radius 1 is 0.367 bits per heavy atom. The molecule has 0 amide bonds. The monoisotopic (exact) mass is 634 g/mol. The molecular weight excluding hydrogens is 597 g/mol. The van der Waals surface area contributed by atoms with Crippen molar-refractivity contribution >= 4 is 21.8 Å². The molecule has 0 aliphatic carbocycles. The average molecular weight is 635 g/mol. The Balaban J connectivity index is 1.51. The number of nitrogens with zero attached hydrogens (tertiary/aromatic N) is 4. The van der Waals surface area contributed by atoms with Crippen LogP contribution in [0.3, 0.4) is 0 Å². The highest BCUT2D eigenvalue weighted by Crippen LogP contribution is 2.43. The van der Waals surface area contributed by atoms with Crippen molar-refractivity contribution < 1.29 is 11.0 Å². The van der Waals surface area contributed by atoms with Crippen LogP contribution in [0.25, 0.3) is 83.9 Å². The first-order chi connectivity index (χ1) is 27.7. The van der Waals surface area contributed by atoms with E-state index in [2.05, 4.69) is 0 Å². The van der Waals surface area contributed by atoms with Crippen LogP contribution in [-0.4, -0.2) is 19.5 Å². The van der Waals surface area contributed by atoms with E-state index in [1.807, 2.05) is 133 Å². The van der Waals surface area contributed by atoms with E-state index in [0.717, 1.165) is 27.8 Å². The van der Waals surface area contributed by atoms with Crippen molar-refractivity contribution in [1.82, 2.24) is 19.5 Å². The Bertz CT molecular complexity index is 2910. The van der Waals surface area contributed by atoms with Crippen molar-refractivity contribution in [2.75, 3.05) is 0 Å². The summed E-state index contributed by atoms with van der Waals surface area (Å²) < 4.78 is 73.4. The van der Waals surface area contributed by atoms with Crippen molar-refractivity contribution in [2.24, 2.45) is 0 Å². The predicted molar refractivity (Wildman–Crippen MR) is 201 cm³/mol. The SMILES string of the molecule is [2H]c1c([2H])c([2H])c2c(c1[2H])c1c([2H])c([2H])c([2H])c([2H])c1n2-c1c(-c2nc(-c3ccccc3)nc(-c3ccccc3)n2)cccc1-c1ccccc1-c1ccccc1. The first-order valence-corrected chi connectivity index (χ1v) is 15.8. The standard InChI is InChI=1S/C45H30N4/c1-4-17-31(18-5-1)34-23-10-11-24-35(34)38-27-16-28-39(42(38)49-40-29-14-12-25-36(40)37-26-13-15-30-41(37)49)45-47-43(32-19-6-2-7-20-32)46-44(48-45)33-21-8-3-9-22-33/h1-30H/i12D,13D,14D,15D,25D,26D,29D,30D. The molecule has 9 rings (SSSR count). The van der Waals surface area contributed by atoms with Gasteiger partial charge in [-0.2, -0.15) is 0 Å². The molecule has 0 fully saturated rings. The van der Waals surface area contributed by atoms with Gasteiger partial charge < -0.3 is 4.57 Å². The van der Waals surface area contributed by atoms with E-state index >= 15 is 0 Å². The van der Waals surface area contributed by atoms with Crippen LogP contribution in [-0.2, 0) is 0 Å². The Morgan fingerprint density at radius 3 is 1.37 bits per heavy atom. The summed E-state index contributed by atoms with van der Waals surface area (Å²) in [6, 6.07) is 38.5. The lowest BCUT2D eigenvalue weighted by molar-refractivity contribution is 1.06. The first-order valence-electron chi connectivity index (χ1n) is 19.8. The van der Waals surface area contributed by atoms with E-state index in [4.69, 9.17) is 23.2 Å². The molecule has 0 bridgehead atoms. The minimum Gasteiger partial charge on any atom is -0.308 e. The Hall–Kier alpha value is -6.65. The zero-order chi connectivity index (χ0) is 39.5. The van der Waals surface area contributed by atoms with Crippen molar-refractivity contribution in [3.8, 4) is 62.1 Å². The second-order valence-electron chi connectivity index (χ2n) is 11.4. The number of hydrogen-bond acceptors (Lipinski definition) is 3. The summed E-state index contributed by atoms with van der Waals surface area (Å²) in [5.41, 5.74) is 5.43. The fourth-order valence-corrected chi connectivity index (χ4v) is 6.34. The topological polar surface area (TPSA) is 43.6 Å². The van der Waals surface area contributed by atoms with Gasteiger partial charge in [-0.1, -0.05) is 164 Å². The van der Waals surface area contributed by atoms with Crippen LogP contribution in [0.4, 0.5) is 0 Å². The molecule has 2 heterocycles. The van der Waals surface area contributed by atoms with Gasteiger partial charge in [0.2, 0.25) is 0 Å². The van der Waals surface area contributed by atoms with Gasteiger partial charge in [0.1, 0.15) is 0 Å². The molecular formula is C45H30N4. The summed E-state index contributed by atoms with van der Waals surface area (Å²) in [6.07, 6.45) is 0. The van der Waals surface area contributed by atoms with Crippen LogP contribution in [0, 0.1) is 0 Å². The molecule has 0 unspecified atom stereocenters. The van der Waals surface area contributed by atoms with E-state index in [9.17, 15) is 2.74 Å². The third kappa shape index (κ3) is 5.07. The lowest BCUT2D eigenvalue weighted by Crippen LogP contribution is -2.05. The molecule has 0 atom stereocenters. The van der Waals surface area contributed by atoms with Crippen LogP contribution in [0.2, 0.25) is 0 Å². The fraction of sp³-hybridized carbons (Fsp3) is 0. The predicted octanol–water partition coefficient (Wildman–Crippen LogP) is 11.3. The van der Waals surface area contributed by atoms with Gasteiger partial charge in [-0.15, -0.1) is 0 Å². The van der Waals surface area contributed by atoms with E-state index in [-0.39, 0.29) is 27.6 Å². The highest BCUT2D eigenvalue weighted by atomic mass is 15.1. The molecule has 49 heavy (non-hydrogen) atoms. The number of rotatable bonds is 6. The smallest absolute Gasteiger partial charge is 0.166 e. The Labute approximate surface area is 295 Å². The summed E-state index contributed by atoms with van der Waals surface area (Å²) in [7, 11) is 0. The van der Waals surface area contributed by atoms with Gasteiger partial charge in [0.05, 0.1) is 27.7 Å². The van der Waals surface area contributed by atoms with Crippen molar-refractivity contribution in [3.05, 3.63) is 182 Å². The second-order valence-corrected chi connectivity index (χ2v) is 11.4. The lowest BCUT2D eigenvalue weighted by atomic mass is 9.92. The van der Waals surface area contributed by atoms with Crippen molar-refractivity contribution in [2.45, 2.75) is 0 Å². The number of benzene rings is 7. The summed E-state index contributed by atoms with van der Waals surface area (Å²) in [5, 5.41) is -0.0450. The minimum atomic E-state index is -0.514. The van der Waals surface area contributed by atoms with E-state index in [1.54, 1.807) is 4.57 Å². The third-order valence-corrected chi connectivity index (χ3v) is 8.53. The van der Waals surface area contributed by atoms with Crippen molar-refractivity contribution in [1.29, 1.82) is 0 Å². The molecule has 0 spiro atoms. The van der Waals surface area contributed by atoms with E-state index in [0.29, 0.717) is 28.5 Å². The Kier molecular flexibility index (Phi) is 5.29. The molecule has 0 saturated carbocycles. The van der Waals surface area contributed by atoms with Gasteiger partial charge in [0.25, 0.3) is 0 Å². The second kappa shape index (κ2) is 12.2. The molecule has 0 radical (unpaired) electrons. The molecule has 9 aromatic rings. The van der Waals surface area contributed by atoms with Crippen LogP contribution >= 0.6 is 0 Å². The molecule has 4 heteroatoms. The summed E-state index contributed by atoms with van der Waals surface area (Å²) in [5.74, 6) is 1.03. The molecule has 230 valence electrons. The average Bonchev–Trinajstić information content (AvgIpc) is 3.63. The molecule has 0 saturated heterocycles. The molecule has 0 aliphatic heterocycles. The molecule has 4 nitrogen and oxygen atoms in total. The highest BCUT2D eigenvalue weighted by molar-refractivity contribution is 6.10. The minimum absolute atomic E-state index is 0.00508. The first kappa shape index (κ1) is 21.3. The normalized spacial score (nSPS) is 13.6. The van der Waals surface area contributed by atoms with Crippen LogP contribution in [0.15, 0.2) is 182 Å². The fourth-order valence-electron chi connectivity index (χ4n) is 6.34. The number of fused-ring (bicyclic) bond motifs is 3. The summed E-state index contributed by atoms with van der Waals surface area (Å²) in [4.78, 5) is 15.0. The maximum atomic E-state index is 9.35. The zero-order valence-corrected chi connectivity index (χ0v) is 26.0. The van der Waals surface area contributed by atoms with Crippen LogP contribution in [0.1, 0.15) is 11.0 Å². The van der Waals surface area contributed by atoms with Crippen molar-refractivity contribution in [3.63, 3.8) is 0 Å². The zero-order valence-electron chi connectivity index (χ0n) is 34.0. The highest BCUT2D eigenvalue weighted by Gasteiger charge is 2.23. The third-order valence-electron chi connectivity index (χ3n) is 8.53. The molecule has 2 aromatic heterocycles. The van der Waals surface area contributed by atoms with Gasteiger partial charge >= 0.3 is 0 Å². The molecule has 0 N–H and O–H groups in total.